The number of alkyl halides is 1. The Kier molecular flexibility index (Phi) is 4.61. The summed E-state index contributed by atoms with van der Waals surface area (Å²) in [5.74, 6) is 0. The van der Waals surface area contributed by atoms with Crippen molar-refractivity contribution in [2.75, 3.05) is 0 Å². The van der Waals surface area contributed by atoms with E-state index in [4.69, 9.17) is 11.6 Å². The standard InChI is InChI=1S/C21H16BrCl/c1-15-6-3-8-17(12-15)21(22,18-9-4-7-16(2)13-18)19-10-5-11-20(23)14-19/h3-14H,1-2H2. The predicted molar refractivity (Wildman–Crippen MR) is 102 cm³/mol. The molecule has 0 fully saturated rings. The van der Waals surface area contributed by atoms with E-state index >= 15 is 0 Å². The molecule has 0 aliphatic heterocycles. The van der Waals surface area contributed by atoms with Gasteiger partial charge in [-0.25, -0.2) is 0 Å². The highest BCUT2D eigenvalue weighted by Crippen LogP contribution is 2.45. The third-order valence-corrected chi connectivity index (χ3v) is 5.48. The third-order valence-electron chi connectivity index (χ3n) is 3.87. The van der Waals surface area contributed by atoms with E-state index in [0.29, 0.717) is 5.02 Å². The third kappa shape index (κ3) is 3.22. The van der Waals surface area contributed by atoms with Crippen LogP contribution >= 0.6 is 27.5 Å². The van der Waals surface area contributed by atoms with Crippen LogP contribution in [0, 0.1) is 13.8 Å². The molecule has 0 N–H and O–H groups in total. The van der Waals surface area contributed by atoms with Crippen molar-refractivity contribution in [3.05, 3.63) is 119 Å². The molecule has 3 aromatic carbocycles. The Morgan fingerprint density at radius 2 is 1.13 bits per heavy atom. The van der Waals surface area contributed by atoms with Gasteiger partial charge in [0.25, 0.3) is 0 Å². The Labute approximate surface area is 151 Å². The number of hydrogen-bond acceptors (Lipinski definition) is 0. The molecule has 3 aromatic rings. The lowest BCUT2D eigenvalue weighted by atomic mass is 9.84. The molecule has 3 rings (SSSR count). The van der Waals surface area contributed by atoms with Crippen molar-refractivity contribution < 1.29 is 0 Å². The van der Waals surface area contributed by atoms with Gasteiger partial charge in [0.05, 0.1) is 0 Å². The van der Waals surface area contributed by atoms with Crippen LogP contribution in [0.5, 0.6) is 0 Å². The second-order valence-electron chi connectivity index (χ2n) is 5.57. The first kappa shape index (κ1) is 16.3. The molecular formula is C21H16BrCl. The zero-order valence-corrected chi connectivity index (χ0v) is 14.9. The number of rotatable bonds is 3. The molecule has 2 radical (unpaired) electrons. The number of hydrogen-bond donors (Lipinski definition) is 0. The molecule has 0 spiro atoms. The molecule has 0 unspecified atom stereocenters. The fourth-order valence-electron chi connectivity index (χ4n) is 2.77. The van der Waals surface area contributed by atoms with Crippen molar-refractivity contribution >= 4 is 27.5 Å². The summed E-state index contributed by atoms with van der Waals surface area (Å²) in [5.41, 5.74) is 5.23. The zero-order valence-electron chi connectivity index (χ0n) is 12.6. The van der Waals surface area contributed by atoms with Gasteiger partial charge in [0.1, 0.15) is 4.32 Å². The highest BCUT2D eigenvalue weighted by atomic mass is 79.9. The van der Waals surface area contributed by atoms with Crippen LogP contribution < -0.4 is 0 Å². The fraction of sp³-hybridized carbons (Fsp3) is 0.0476. The average Bonchev–Trinajstić information content (AvgIpc) is 2.54. The lowest BCUT2D eigenvalue weighted by molar-refractivity contribution is 0.914. The van der Waals surface area contributed by atoms with Gasteiger partial charge in [-0.2, -0.15) is 0 Å². The molecule has 2 heteroatoms. The number of benzene rings is 3. The lowest BCUT2D eigenvalue weighted by Gasteiger charge is -2.30. The summed E-state index contributed by atoms with van der Waals surface area (Å²) < 4.78 is -0.501. The molecule has 0 bridgehead atoms. The van der Waals surface area contributed by atoms with Crippen molar-refractivity contribution in [1.29, 1.82) is 0 Å². The van der Waals surface area contributed by atoms with Gasteiger partial charge in [-0.1, -0.05) is 88.2 Å². The molecule has 0 saturated heterocycles. The van der Waals surface area contributed by atoms with E-state index in [1.54, 1.807) is 0 Å². The van der Waals surface area contributed by atoms with E-state index in [9.17, 15) is 0 Å². The van der Waals surface area contributed by atoms with E-state index in [1.807, 2.05) is 42.5 Å². The SMILES string of the molecule is [CH2]c1cccc(C(Br)(c2cccc([CH2])c2)c2cccc(Cl)c2)c1. The van der Waals surface area contributed by atoms with Gasteiger partial charge >= 0.3 is 0 Å². The average molecular weight is 384 g/mol. The Morgan fingerprint density at radius 3 is 1.57 bits per heavy atom. The molecule has 0 saturated carbocycles. The van der Waals surface area contributed by atoms with Gasteiger partial charge in [-0.05, 0) is 53.8 Å². The molecule has 0 aliphatic rings. The molecule has 23 heavy (non-hydrogen) atoms. The summed E-state index contributed by atoms with van der Waals surface area (Å²) in [6.45, 7) is 8.12. The van der Waals surface area contributed by atoms with Crippen LogP contribution in [-0.4, -0.2) is 0 Å². The molecule has 0 atom stereocenters. The minimum Gasteiger partial charge on any atom is -0.0843 e. The second kappa shape index (κ2) is 6.51. The maximum absolute atomic E-state index is 6.24. The zero-order chi connectivity index (χ0) is 16.4. The molecule has 114 valence electrons. The van der Waals surface area contributed by atoms with Crippen LogP contribution in [0.25, 0.3) is 0 Å². The van der Waals surface area contributed by atoms with Gasteiger partial charge < -0.3 is 0 Å². The monoisotopic (exact) mass is 382 g/mol. The highest BCUT2D eigenvalue weighted by molar-refractivity contribution is 9.10. The first-order chi connectivity index (χ1) is 11.0. The van der Waals surface area contributed by atoms with Gasteiger partial charge in [-0.3, -0.25) is 0 Å². The minimum atomic E-state index is -0.501. The molecule has 0 aliphatic carbocycles. The Bertz CT molecular complexity index is 728. The summed E-state index contributed by atoms with van der Waals surface area (Å²) in [6.07, 6.45) is 0. The largest absolute Gasteiger partial charge is 0.100 e. The van der Waals surface area contributed by atoms with Crippen molar-refractivity contribution in [3.8, 4) is 0 Å². The normalized spacial score (nSPS) is 11.5. The summed E-state index contributed by atoms with van der Waals surface area (Å²) in [4.78, 5) is 0. The fourth-order valence-corrected chi connectivity index (χ4v) is 3.70. The Hall–Kier alpha value is -1.57. The summed E-state index contributed by atoms with van der Waals surface area (Å²) in [5, 5.41) is 0.711. The van der Waals surface area contributed by atoms with Gasteiger partial charge in [0.15, 0.2) is 0 Å². The van der Waals surface area contributed by atoms with Gasteiger partial charge in [-0.15, -0.1) is 0 Å². The van der Waals surface area contributed by atoms with E-state index in [1.165, 1.54) is 0 Å². The molecular weight excluding hydrogens is 368 g/mol. The smallest absolute Gasteiger partial charge is 0.0843 e. The maximum atomic E-state index is 6.24. The van der Waals surface area contributed by atoms with Gasteiger partial charge in [0.2, 0.25) is 0 Å². The van der Waals surface area contributed by atoms with Gasteiger partial charge in [0, 0.05) is 5.02 Å². The van der Waals surface area contributed by atoms with E-state index in [-0.39, 0.29) is 0 Å². The molecule has 0 aromatic heterocycles. The predicted octanol–water partition coefficient (Wildman–Crippen LogP) is 6.39. The molecule has 0 nitrogen and oxygen atoms in total. The van der Waals surface area contributed by atoms with E-state index in [2.05, 4.69) is 60.1 Å². The lowest BCUT2D eigenvalue weighted by Crippen LogP contribution is -2.22. The number of halogens is 2. The van der Waals surface area contributed by atoms with E-state index in [0.717, 1.165) is 27.8 Å². The van der Waals surface area contributed by atoms with Crippen LogP contribution in [0.3, 0.4) is 0 Å². The second-order valence-corrected chi connectivity index (χ2v) is 7.20. The summed E-state index contributed by atoms with van der Waals surface area (Å²) in [6, 6.07) is 24.3. The quantitative estimate of drug-likeness (QED) is 0.363. The Balaban J connectivity index is 2.29. The van der Waals surface area contributed by atoms with E-state index < -0.39 is 4.32 Å². The van der Waals surface area contributed by atoms with Crippen LogP contribution in [0.15, 0.2) is 72.8 Å². The summed E-state index contributed by atoms with van der Waals surface area (Å²) in [7, 11) is 0. The summed E-state index contributed by atoms with van der Waals surface area (Å²) >= 11 is 10.2. The minimum absolute atomic E-state index is 0.501. The first-order valence-corrected chi connectivity index (χ1v) is 8.47. The van der Waals surface area contributed by atoms with Crippen molar-refractivity contribution in [3.63, 3.8) is 0 Å². The maximum Gasteiger partial charge on any atom is 0.100 e. The van der Waals surface area contributed by atoms with Crippen molar-refractivity contribution in [1.82, 2.24) is 0 Å². The first-order valence-electron chi connectivity index (χ1n) is 7.30. The topological polar surface area (TPSA) is 0 Å². The van der Waals surface area contributed by atoms with Crippen LogP contribution in [0.4, 0.5) is 0 Å². The highest BCUT2D eigenvalue weighted by Gasteiger charge is 2.33. The van der Waals surface area contributed by atoms with Crippen molar-refractivity contribution in [2.24, 2.45) is 0 Å². The Morgan fingerprint density at radius 1 is 0.696 bits per heavy atom. The molecule has 0 heterocycles. The van der Waals surface area contributed by atoms with Crippen molar-refractivity contribution in [2.45, 2.75) is 4.32 Å². The van der Waals surface area contributed by atoms with Crippen LogP contribution in [-0.2, 0) is 4.32 Å². The molecule has 0 amide bonds. The van der Waals surface area contributed by atoms with Crippen LogP contribution in [0.2, 0.25) is 5.02 Å². The van der Waals surface area contributed by atoms with Crippen LogP contribution in [0.1, 0.15) is 27.8 Å².